The number of hydrogen-bond acceptors (Lipinski definition) is 2. The van der Waals surface area contributed by atoms with Crippen molar-refractivity contribution < 1.29 is 9.53 Å². The molecule has 0 aliphatic carbocycles. The number of carbonyl (C=O) groups is 1. The van der Waals surface area contributed by atoms with Gasteiger partial charge in [-0.25, -0.2) is 0 Å². The molecule has 0 spiro atoms. The van der Waals surface area contributed by atoms with Gasteiger partial charge in [0.1, 0.15) is 5.75 Å². The average Bonchev–Trinajstić information content (AvgIpc) is 2.97. The van der Waals surface area contributed by atoms with Crippen molar-refractivity contribution in [2.75, 3.05) is 6.61 Å². The van der Waals surface area contributed by atoms with Crippen molar-refractivity contribution in [1.29, 1.82) is 0 Å². The molecule has 0 bridgehead atoms. The second-order valence-corrected chi connectivity index (χ2v) is 6.49. The van der Waals surface area contributed by atoms with Gasteiger partial charge < -0.3 is 10.1 Å². The summed E-state index contributed by atoms with van der Waals surface area (Å²) in [5.74, 6) is 0.903. The highest BCUT2D eigenvalue weighted by Crippen LogP contribution is 2.27. The zero-order valence-corrected chi connectivity index (χ0v) is 14.2. The minimum Gasteiger partial charge on any atom is -0.493 e. The first-order chi connectivity index (χ1) is 11.0. The van der Waals surface area contributed by atoms with Gasteiger partial charge in [-0.05, 0) is 41.8 Å². The molecule has 0 fully saturated rings. The maximum atomic E-state index is 12.2. The zero-order valence-electron chi connectivity index (χ0n) is 12.7. The van der Waals surface area contributed by atoms with Crippen molar-refractivity contribution >= 4 is 29.1 Å². The third-order valence-electron chi connectivity index (χ3n) is 3.94. The highest BCUT2D eigenvalue weighted by atomic mass is 35.5. The minimum atomic E-state index is -0.130. The van der Waals surface area contributed by atoms with E-state index in [9.17, 15) is 4.79 Å². The van der Waals surface area contributed by atoms with Crippen LogP contribution < -0.4 is 10.1 Å². The molecule has 120 valence electrons. The smallest absolute Gasteiger partial charge is 0.224 e. The number of benzene rings is 2. The van der Waals surface area contributed by atoms with Gasteiger partial charge in [-0.2, -0.15) is 0 Å². The Morgan fingerprint density at radius 1 is 1.22 bits per heavy atom. The molecule has 1 aliphatic rings. The maximum Gasteiger partial charge on any atom is 0.224 e. The fourth-order valence-corrected chi connectivity index (χ4v) is 3.00. The summed E-state index contributed by atoms with van der Waals surface area (Å²) < 4.78 is 5.48. The third-order valence-corrected chi connectivity index (χ3v) is 4.68. The van der Waals surface area contributed by atoms with Crippen molar-refractivity contribution in [3.63, 3.8) is 0 Å². The van der Waals surface area contributed by atoms with E-state index in [1.807, 2.05) is 31.2 Å². The van der Waals surface area contributed by atoms with Gasteiger partial charge in [0.15, 0.2) is 0 Å². The van der Waals surface area contributed by atoms with Gasteiger partial charge in [0, 0.05) is 6.42 Å². The number of amides is 1. The molecule has 0 radical (unpaired) electrons. The van der Waals surface area contributed by atoms with Crippen LogP contribution in [0, 0.1) is 0 Å². The lowest BCUT2D eigenvalue weighted by molar-refractivity contribution is -0.121. The summed E-state index contributed by atoms with van der Waals surface area (Å²) >= 11 is 11.9. The van der Waals surface area contributed by atoms with Crippen molar-refractivity contribution in [3.05, 3.63) is 63.1 Å². The Kier molecular flexibility index (Phi) is 4.79. The molecule has 2 aromatic rings. The van der Waals surface area contributed by atoms with E-state index < -0.39 is 0 Å². The molecule has 2 aromatic carbocycles. The van der Waals surface area contributed by atoms with Crippen LogP contribution in [0.5, 0.6) is 5.75 Å². The highest BCUT2D eigenvalue weighted by Gasteiger charge is 2.15. The molecular weight excluding hydrogens is 333 g/mol. The van der Waals surface area contributed by atoms with Gasteiger partial charge >= 0.3 is 0 Å². The normalized spacial score (nSPS) is 14.0. The number of nitrogens with one attached hydrogen (secondary N) is 1. The van der Waals surface area contributed by atoms with Crippen LogP contribution in [-0.2, 0) is 17.6 Å². The summed E-state index contributed by atoms with van der Waals surface area (Å²) in [6, 6.07) is 11.2. The largest absolute Gasteiger partial charge is 0.493 e. The van der Waals surface area contributed by atoms with Gasteiger partial charge in [-0.1, -0.05) is 41.4 Å². The molecule has 5 heteroatoms. The number of ether oxygens (including phenoxy) is 1. The molecule has 23 heavy (non-hydrogen) atoms. The predicted octanol–water partition coefficient (Wildman–Crippen LogP) is 4.35. The van der Waals surface area contributed by atoms with Crippen LogP contribution >= 0.6 is 23.2 Å². The summed E-state index contributed by atoms with van der Waals surface area (Å²) in [6.45, 7) is 2.65. The Labute approximate surface area is 145 Å². The number of halogens is 2. The van der Waals surface area contributed by atoms with Crippen LogP contribution in [0.3, 0.4) is 0 Å². The molecule has 0 saturated carbocycles. The highest BCUT2D eigenvalue weighted by molar-refractivity contribution is 6.42. The Morgan fingerprint density at radius 2 is 2.04 bits per heavy atom. The summed E-state index contributed by atoms with van der Waals surface area (Å²) in [4.78, 5) is 12.2. The lowest BCUT2D eigenvalue weighted by Crippen LogP contribution is -2.28. The Hall–Kier alpha value is -1.71. The average molecular weight is 350 g/mol. The first kappa shape index (κ1) is 16.2. The van der Waals surface area contributed by atoms with Crippen LogP contribution in [0.1, 0.15) is 29.7 Å². The summed E-state index contributed by atoms with van der Waals surface area (Å²) in [5, 5.41) is 3.99. The molecule has 1 N–H and O–H groups in total. The van der Waals surface area contributed by atoms with Gasteiger partial charge in [0.2, 0.25) is 5.91 Å². The Morgan fingerprint density at radius 3 is 2.83 bits per heavy atom. The summed E-state index contributed by atoms with van der Waals surface area (Å²) in [7, 11) is 0. The molecule has 1 unspecified atom stereocenters. The number of fused-ring (bicyclic) bond motifs is 1. The van der Waals surface area contributed by atoms with E-state index >= 15 is 0 Å². The van der Waals surface area contributed by atoms with E-state index in [1.165, 1.54) is 5.56 Å². The van der Waals surface area contributed by atoms with E-state index in [-0.39, 0.29) is 11.9 Å². The first-order valence-electron chi connectivity index (χ1n) is 7.52. The van der Waals surface area contributed by atoms with E-state index in [2.05, 4.69) is 5.32 Å². The standard InChI is InChI=1S/C18H17Cl2NO2/c1-11(13-3-4-15(19)16(20)10-13)21-18(22)9-12-2-5-17-14(8-12)6-7-23-17/h2-5,8,10-11H,6-7,9H2,1H3,(H,21,22). The monoisotopic (exact) mass is 349 g/mol. The minimum absolute atomic E-state index is 0.0255. The van der Waals surface area contributed by atoms with Gasteiger partial charge in [-0.15, -0.1) is 0 Å². The number of carbonyl (C=O) groups excluding carboxylic acids is 1. The second-order valence-electron chi connectivity index (χ2n) is 5.68. The molecular formula is C18H17Cl2NO2. The molecule has 1 heterocycles. The quantitative estimate of drug-likeness (QED) is 0.890. The van der Waals surface area contributed by atoms with Gasteiger partial charge in [0.05, 0.1) is 29.1 Å². The number of rotatable bonds is 4. The fourth-order valence-electron chi connectivity index (χ4n) is 2.69. The summed E-state index contributed by atoms with van der Waals surface area (Å²) in [5.41, 5.74) is 3.09. The first-order valence-corrected chi connectivity index (χ1v) is 8.27. The van der Waals surface area contributed by atoms with E-state index in [4.69, 9.17) is 27.9 Å². The van der Waals surface area contributed by atoms with Crippen molar-refractivity contribution in [3.8, 4) is 5.75 Å². The molecule has 1 amide bonds. The molecule has 3 rings (SSSR count). The van der Waals surface area contributed by atoms with Crippen LogP contribution in [0.15, 0.2) is 36.4 Å². The van der Waals surface area contributed by atoms with Crippen molar-refractivity contribution in [1.82, 2.24) is 5.32 Å². The molecule has 0 saturated heterocycles. The molecule has 1 aliphatic heterocycles. The maximum absolute atomic E-state index is 12.2. The topological polar surface area (TPSA) is 38.3 Å². The molecule has 0 aromatic heterocycles. The predicted molar refractivity (Wildman–Crippen MR) is 92.4 cm³/mol. The van der Waals surface area contributed by atoms with Crippen molar-refractivity contribution in [2.45, 2.75) is 25.8 Å². The summed E-state index contributed by atoms with van der Waals surface area (Å²) in [6.07, 6.45) is 1.25. The van der Waals surface area contributed by atoms with E-state index in [0.29, 0.717) is 16.5 Å². The third kappa shape index (κ3) is 3.80. The number of hydrogen-bond donors (Lipinski definition) is 1. The van der Waals surface area contributed by atoms with Crippen LogP contribution in [0.25, 0.3) is 0 Å². The second kappa shape index (κ2) is 6.81. The van der Waals surface area contributed by atoms with Gasteiger partial charge in [-0.3, -0.25) is 4.79 Å². The Balaban J connectivity index is 1.63. The fraction of sp³-hybridized carbons (Fsp3) is 0.278. The van der Waals surface area contributed by atoms with Crippen LogP contribution in [-0.4, -0.2) is 12.5 Å². The van der Waals surface area contributed by atoms with E-state index in [1.54, 1.807) is 12.1 Å². The van der Waals surface area contributed by atoms with Crippen LogP contribution in [0.4, 0.5) is 0 Å². The lowest BCUT2D eigenvalue weighted by atomic mass is 10.0. The zero-order chi connectivity index (χ0) is 16.4. The van der Waals surface area contributed by atoms with Crippen molar-refractivity contribution in [2.24, 2.45) is 0 Å². The molecule has 3 nitrogen and oxygen atoms in total. The Bertz CT molecular complexity index is 746. The lowest BCUT2D eigenvalue weighted by Gasteiger charge is -2.15. The molecule has 1 atom stereocenters. The van der Waals surface area contributed by atoms with E-state index in [0.717, 1.165) is 29.9 Å². The van der Waals surface area contributed by atoms with Gasteiger partial charge in [0.25, 0.3) is 0 Å². The SMILES string of the molecule is CC(NC(=O)Cc1ccc2c(c1)CCO2)c1ccc(Cl)c(Cl)c1. The van der Waals surface area contributed by atoms with Crippen LogP contribution in [0.2, 0.25) is 10.0 Å².